The molecule has 0 aromatic heterocycles. The summed E-state index contributed by atoms with van der Waals surface area (Å²) in [6.45, 7) is 11.3. The SMILES string of the molecule is Cc1ccccc1C(=O)C1CC(c2ccc(C(C)C)cc2)N(C(=O)OC(C)(C)C)C1=O. The van der Waals surface area contributed by atoms with E-state index in [-0.39, 0.29) is 12.2 Å². The van der Waals surface area contributed by atoms with Crippen molar-refractivity contribution in [2.75, 3.05) is 0 Å². The Morgan fingerprint density at radius 1 is 1.03 bits per heavy atom. The van der Waals surface area contributed by atoms with Gasteiger partial charge < -0.3 is 4.74 Å². The van der Waals surface area contributed by atoms with Crippen LogP contribution in [0.15, 0.2) is 48.5 Å². The number of aryl methyl sites for hydroxylation is 1. The number of nitrogens with zero attached hydrogens (tertiary/aromatic N) is 1. The molecule has 31 heavy (non-hydrogen) atoms. The van der Waals surface area contributed by atoms with E-state index in [4.69, 9.17) is 4.74 Å². The lowest BCUT2D eigenvalue weighted by Gasteiger charge is -2.27. The second kappa shape index (κ2) is 8.66. The van der Waals surface area contributed by atoms with Crippen molar-refractivity contribution in [1.29, 1.82) is 0 Å². The fraction of sp³-hybridized carbons (Fsp3) is 0.423. The van der Waals surface area contributed by atoms with Gasteiger partial charge in [-0.1, -0.05) is 62.4 Å². The molecule has 0 N–H and O–H groups in total. The quantitative estimate of drug-likeness (QED) is 0.460. The zero-order valence-electron chi connectivity index (χ0n) is 19.1. The molecular formula is C26H31NO4. The van der Waals surface area contributed by atoms with Crippen LogP contribution in [-0.2, 0) is 9.53 Å². The molecule has 1 fully saturated rings. The van der Waals surface area contributed by atoms with Gasteiger partial charge in [0.1, 0.15) is 11.5 Å². The Hall–Kier alpha value is -2.95. The zero-order valence-corrected chi connectivity index (χ0v) is 19.1. The average molecular weight is 422 g/mol. The minimum Gasteiger partial charge on any atom is -0.443 e. The Morgan fingerprint density at radius 3 is 2.19 bits per heavy atom. The average Bonchev–Trinajstić information content (AvgIpc) is 3.04. The third-order valence-electron chi connectivity index (χ3n) is 5.61. The second-order valence-corrected chi connectivity index (χ2v) is 9.49. The van der Waals surface area contributed by atoms with Gasteiger partial charge >= 0.3 is 6.09 Å². The number of ether oxygens (including phenoxy) is 1. The lowest BCUT2D eigenvalue weighted by molar-refractivity contribution is -0.130. The lowest BCUT2D eigenvalue weighted by Crippen LogP contribution is -2.40. The zero-order chi connectivity index (χ0) is 22.9. The standard InChI is InChI=1S/C26H31NO4/c1-16(2)18-11-13-19(14-12-18)22-15-21(23(28)20-10-8-7-9-17(20)3)24(29)27(22)25(30)31-26(4,5)6/h7-14,16,21-22H,15H2,1-6H3. The number of benzene rings is 2. The normalized spacial score (nSPS) is 19.1. The summed E-state index contributed by atoms with van der Waals surface area (Å²) in [7, 11) is 0. The number of hydrogen-bond acceptors (Lipinski definition) is 4. The molecule has 164 valence electrons. The molecule has 2 amide bonds. The van der Waals surface area contributed by atoms with Gasteiger partial charge in [0.2, 0.25) is 5.91 Å². The molecule has 5 heteroatoms. The first kappa shape index (κ1) is 22.7. The number of amides is 2. The van der Waals surface area contributed by atoms with E-state index in [9.17, 15) is 14.4 Å². The van der Waals surface area contributed by atoms with E-state index in [1.165, 1.54) is 5.56 Å². The number of likely N-dealkylation sites (tertiary alicyclic amines) is 1. The second-order valence-electron chi connectivity index (χ2n) is 9.49. The fourth-order valence-corrected chi connectivity index (χ4v) is 3.92. The van der Waals surface area contributed by atoms with Gasteiger partial charge in [-0.05, 0) is 56.7 Å². The number of imide groups is 1. The van der Waals surface area contributed by atoms with Crippen molar-refractivity contribution in [1.82, 2.24) is 4.90 Å². The predicted molar refractivity (Wildman–Crippen MR) is 120 cm³/mol. The topological polar surface area (TPSA) is 63.7 Å². The van der Waals surface area contributed by atoms with Crippen LogP contribution in [0.1, 0.15) is 80.0 Å². The van der Waals surface area contributed by atoms with Gasteiger partial charge in [0.15, 0.2) is 5.78 Å². The maximum atomic E-state index is 13.3. The molecule has 0 aliphatic carbocycles. The predicted octanol–water partition coefficient (Wildman–Crippen LogP) is 5.83. The van der Waals surface area contributed by atoms with Gasteiger partial charge in [-0.3, -0.25) is 9.59 Å². The van der Waals surface area contributed by atoms with Crippen LogP contribution in [0.3, 0.4) is 0 Å². The first-order valence-corrected chi connectivity index (χ1v) is 10.8. The summed E-state index contributed by atoms with van der Waals surface area (Å²) in [6.07, 6.45) is -0.470. The van der Waals surface area contributed by atoms with Gasteiger partial charge in [0.05, 0.1) is 6.04 Å². The van der Waals surface area contributed by atoms with Gasteiger partial charge in [-0.2, -0.15) is 0 Å². The number of hydrogen-bond donors (Lipinski definition) is 0. The van der Waals surface area contributed by atoms with E-state index >= 15 is 0 Å². The molecule has 0 spiro atoms. The van der Waals surface area contributed by atoms with Gasteiger partial charge in [-0.15, -0.1) is 0 Å². The van der Waals surface area contributed by atoms with E-state index < -0.39 is 29.6 Å². The van der Waals surface area contributed by atoms with Gasteiger partial charge in [0, 0.05) is 5.56 Å². The molecule has 2 aromatic carbocycles. The molecule has 1 aliphatic heterocycles. The molecule has 2 atom stereocenters. The molecule has 1 saturated heterocycles. The van der Waals surface area contributed by atoms with E-state index in [2.05, 4.69) is 13.8 Å². The monoisotopic (exact) mass is 421 g/mol. The van der Waals surface area contributed by atoms with Crippen LogP contribution in [0.25, 0.3) is 0 Å². The number of Topliss-reactive ketones (excluding diaryl/α,β-unsaturated/α-hetero) is 1. The van der Waals surface area contributed by atoms with E-state index in [0.717, 1.165) is 16.0 Å². The van der Waals surface area contributed by atoms with Gasteiger partial charge in [0.25, 0.3) is 0 Å². The number of rotatable bonds is 4. The van der Waals surface area contributed by atoms with Gasteiger partial charge in [-0.25, -0.2) is 9.69 Å². The van der Waals surface area contributed by atoms with E-state index in [1.807, 2.05) is 43.3 Å². The number of carbonyl (C=O) groups is 3. The third kappa shape index (κ3) is 4.87. The Labute approximate surface area is 184 Å². The largest absolute Gasteiger partial charge is 0.443 e. The van der Waals surface area contributed by atoms with Crippen LogP contribution in [0.2, 0.25) is 0 Å². The Morgan fingerprint density at radius 2 is 1.65 bits per heavy atom. The number of ketones is 1. The summed E-state index contributed by atoms with van der Waals surface area (Å²) in [6, 6.07) is 14.6. The fourth-order valence-electron chi connectivity index (χ4n) is 3.92. The molecule has 0 saturated carbocycles. The summed E-state index contributed by atoms with van der Waals surface area (Å²) >= 11 is 0. The van der Waals surface area contributed by atoms with Crippen molar-refractivity contribution in [3.63, 3.8) is 0 Å². The Bertz CT molecular complexity index is 985. The molecule has 2 aromatic rings. The summed E-state index contributed by atoms with van der Waals surface area (Å²) in [5, 5.41) is 0. The molecule has 1 aliphatic rings. The number of carbonyl (C=O) groups excluding carboxylic acids is 3. The van der Waals surface area contributed by atoms with Crippen molar-refractivity contribution in [2.45, 2.75) is 65.5 Å². The van der Waals surface area contributed by atoms with Crippen molar-refractivity contribution < 1.29 is 19.1 Å². The highest BCUT2D eigenvalue weighted by molar-refractivity contribution is 6.14. The summed E-state index contributed by atoms with van der Waals surface area (Å²) < 4.78 is 5.52. The first-order chi connectivity index (χ1) is 14.5. The summed E-state index contributed by atoms with van der Waals surface area (Å²) in [5.74, 6) is -1.29. The highest BCUT2D eigenvalue weighted by Gasteiger charge is 2.48. The van der Waals surface area contributed by atoms with Crippen molar-refractivity contribution >= 4 is 17.8 Å². The van der Waals surface area contributed by atoms with Crippen molar-refractivity contribution in [3.8, 4) is 0 Å². The van der Waals surface area contributed by atoms with Crippen LogP contribution in [0.5, 0.6) is 0 Å². The molecular weight excluding hydrogens is 390 g/mol. The molecule has 2 unspecified atom stereocenters. The third-order valence-corrected chi connectivity index (χ3v) is 5.61. The maximum absolute atomic E-state index is 13.3. The molecule has 0 radical (unpaired) electrons. The summed E-state index contributed by atoms with van der Waals surface area (Å²) in [5.41, 5.74) is 2.57. The maximum Gasteiger partial charge on any atom is 0.417 e. The Balaban J connectivity index is 1.98. The Kier molecular flexibility index (Phi) is 6.35. The first-order valence-electron chi connectivity index (χ1n) is 10.8. The van der Waals surface area contributed by atoms with Crippen LogP contribution >= 0.6 is 0 Å². The van der Waals surface area contributed by atoms with E-state index in [1.54, 1.807) is 32.9 Å². The highest BCUT2D eigenvalue weighted by Crippen LogP contribution is 2.39. The van der Waals surface area contributed by atoms with E-state index in [0.29, 0.717) is 11.5 Å². The van der Waals surface area contributed by atoms with Crippen molar-refractivity contribution in [2.24, 2.45) is 5.92 Å². The minimum atomic E-state index is -0.914. The van der Waals surface area contributed by atoms with Crippen LogP contribution in [0, 0.1) is 12.8 Å². The lowest BCUT2D eigenvalue weighted by atomic mass is 9.90. The molecule has 1 heterocycles. The smallest absolute Gasteiger partial charge is 0.417 e. The molecule has 5 nitrogen and oxygen atoms in total. The van der Waals surface area contributed by atoms with Crippen LogP contribution < -0.4 is 0 Å². The molecule has 0 bridgehead atoms. The van der Waals surface area contributed by atoms with Crippen LogP contribution in [0.4, 0.5) is 4.79 Å². The van der Waals surface area contributed by atoms with Crippen molar-refractivity contribution in [3.05, 3.63) is 70.8 Å². The highest BCUT2D eigenvalue weighted by atomic mass is 16.6. The van der Waals surface area contributed by atoms with Crippen LogP contribution in [-0.4, -0.2) is 28.3 Å². The minimum absolute atomic E-state index is 0.242. The molecule has 3 rings (SSSR count). The summed E-state index contributed by atoms with van der Waals surface area (Å²) in [4.78, 5) is 40.7.